The molecule has 0 saturated heterocycles. The molecule has 0 saturated carbocycles. The van der Waals surface area contributed by atoms with Crippen LogP contribution in [0, 0.1) is 6.92 Å². The second kappa shape index (κ2) is 5.63. The molecule has 1 aromatic rings. The van der Waals surface area contributed by atoms with Gasteiger partial charge in [-0.1, -0.05) is 32.4 Å². The fourth-order valence-electron chi connectivity index (χ4n) is 1.53. The zero-order valence-electron chi connectivity index (χ0n) is 11.1. The molecule has 0 fully saturated rings. The highest BCUT2D eigenvalue weighted by atomic mass is 35.5. The first kappa shape index (κ1) is 14.9. The predicted molar refractivity (Wildman–Crippen MR) is 74.9 cm³/mol. The summed E-state index contributed by atoms with van der Waals surface area (Å²) in [5.41, 5.74) is 1.73. The molecule has 98 valence electrons. The number of aromatic nitrogens is 2. The maximum Gasteiger partial charge on any atom is 0.0847 e. The number of aryl methyl sites for hydroxylation is 2. The van der Waals surface area contributed by atoms with E-state index in [-0.39, 0.29) is 10.9 Å². The molecule has 0 aliphatic rings. The first-order chi connectivity index (χ1) is 7.70. The van der Waals surface area contributed by atoms with Crippen LogP contribution < -0.4 is 0 Å². The number of rotatable bonds is 4. The van der Waals surface area contributed by atoms with Gasteiger partial charge < -0.3 is 5.11 Å². The van der Waals surface area contributed by atoms with Gasteiger partial charge in [-0.2, -0.15) is 16.9 Å². The SMILES string of the molecule is Cc1nn(C)c(CC(O)CSC(C)(C)C)c1Cl. The van der Waals surface area contributed by atoms with Crippen molar-refractivity contribution in [1.29, 1.82) is 0 Å². The van der Waals surface area contributed by atoms with Crippen molar-refractivity contribution >= 4 is 23.4 Å². The van der Waals surface area contributed by atoms with E-state index < -0.39 is 0 Å². The van der Waals surface area contributed by atoms with Gasteiger partial charge in [0.1, 0.15) is 0 Å². The molecular weight excluding hydrogens is 256 g/mol. The third kappa shape index (κ3) is 4.53. The van der Waals surface area contributed by atoms with Gasteiger partial charge in [0.25, 0.3) is 0 Å². The maximum absolute atomic E-state index is 10.0. The lowest BCUT2D eigenvalue weighted by Crippen LogP contribution is -2.20. The van der Waals surface area contributed by atoms with Crippen molar-refractivity contribution in [3.63, 3.8) is 0 Å². The lowest BCUT2D eigenvalue weighted by atomic mass is 10.2. The van der Waals surface area contributed by atoms with Gasteiger partial charge in [-0.05, 0) is 6.92 Å². The highest BCUT2D eigenvalue weighted by Gasteiger charge is 2.18. The van der Waals surface area contributed by atoms with Crippen LogP contribution in [0.2, 0.25) is 5.02 Å². The molecular formula is C12H21ClN2OS. The normalized spacial score (nSPS) is 14.1. The Hall–Kier alpha value is -0.190. The maximum atomic E-state index is 10.0. The van der Waals surface area contributed by atoms with E-state index in [0.717, 1.165) is 11.4 Å². The molecule has 0 amide bonds. The Kier molecular flexibility index (Phi) is 4.93. The number of aliphatic hydroxyl groups is 1. The molecule has 5 heteroatoms. The Labute approximate surface area is 113 Å². The molecule has 0 radical (unpaired) electrons. The van der Waals surface area contributed by atoms with Gasteiger partial charge in [0.05, 0.1) is 22.5 Å². The van der Waals surface area contributed by atoms with Crippen LogP contribution in [0.4, 0.5) is 0 Å². The molecule has 1 atom stereocenters. The quantitative estimate of drug-likeness (QED) is 0.919. The van der Waals surface area contributed by atoms with Crippen molar-refractivity contribution in [3.05, 3.63) is 16.4 Å². The van der Waals surface area contributed by atoms with E-state index in [2.05, 4.69) is 25.9 Å². The number of thioether (sulfide) groups is 1. The highest BCUT2D eigenvalue weighted by molar-refractivity contribution is 8.00. The van der Waals surface area contributed by atoms with Gasteiger partial charge in [-0.15, -0.1) is 0 Å². The average molecular weight is 277 g/mol. The Morgan fingerprint density at radius 2 is 2.06 bits per heavy atom. The van der Waals surface area contributed by atoms with Crippen LogP contribution in [0.1, 0.15) is 32.2 Å². The minimum Gasteiger partial charge on any atom is -0.392 e. The van der Waals surface area contributed by atoms with Crippen LogP contribution in [-0.4, -0.2) is 31.5 Å². The molecule has 1 unspecified atom stereocenters. The summed E-state index contributed by atoms with van der Waals surface area (Å²) in [5.74, 6) is 0.712. The lowest BCUT2D eigenvalue weighted by Gasteiger charge is -2.20. The Bertz CT molecular complexity index is 385. The molecule has 3 nitrogen and oxygen atoms in total. The summed E-state index contributed by atoms with van der Waals surface area (Å²) in [6.07, 6.45) is 0.172. The standard InChI is InChI=1S/C12H21ClN2OS/c1-8-11(13)10(15(5)14-8)6-9(16)7-17-12(2,3)4/h9,16H,6-7H2,1-5H3. The molecule has 0 aromatic carbocycles. The van der Waals surface area contributed by atoms with Crippen molar-refractivity contribution in [2.24, 2.45) is 7.05 Å². The number of halogens is 1. The topological polar surface area (TPSA) is 38.0 Å². The number of nitrogens with zero attached hydrogens (tertiary/aromatic N) is 2. The third-order valence-electron chi connectivity index (χ3n) is 2.40. The van der Waals surface area contributed by atoms with Crippen LogP contribution in [0.3, 0.4) is 0 Å². The number of hydrogen-bond donors (Lipinski definition) is 1. The Balaban J connectivity index is 2.59. The number of aliphatic hydroxyl groups excluding tert-OH is 1. The summed E-state index contributed by atoms with van der Waals surface area (Å²) in [6.45, 7) is 8.31. The summed E-state index contributed by atoms with van der Waals surface area (Å²) in [4.78, 5) is 0. The smallest absolute Gasteiger partial charge is 0.0847 e. The second-order valence-corrected chi connectivity index (χ2v) is 7.48. The minimum atomic E-state index is -0.383. The fraction of sp³-hybridized carbons (Fsp3) is 0.750. The highest BCUT2D eigenvalue weighted by Crippen LogP contribution is 2.26. The first-order valence-corrected chi connectivity index (χ1v) is 7.07. The van der Waals surface area contributed by atoms with Gasteiger partial charge in [0, 0.05) is 24.0 Å². The summed E-state index contributed by atoms with van der Waals surface area (Å²) in [6, 6.07) is 0. The van der Waals surface area contributed by atoms with Crippen molar-refractivity contribution in [1.82, 2.24) is 9.78 Å². The van der Waals surface area contributed by atoms with E-state index in [9.17, 15) is 5.11 Å². The van der Waals surface area contributed by atoms with E-state index in [0.29, 0.717) is 17.2 Å². The molecule has 1 N–H and O–H groups in total. The second-order valence-electron chi connectivity index (χ2n) is 5.25. The van der Waals surface area contributed by atoms with Gasteiger partial charge >= 0.3 is 0 Å². The molecule has 1 rings (SSSR count). The summed E-state index contributed by atoms with van der Waals surface area (Å²) >= 11 is 7.90. The summed E-state index contributed by atoms with van der Waals surface area (Å²) < 4.78 is 1.93. The molecule has 17 heavy (non-hydrogen) atoms. The molecule has 0 spiro atoms. The van der Waals surface area contributed by atoms with Crippen molar-refractivity contribution in [3.8, 4) is 0 Å². The molecule has 1 heterocycles. The van der Waals surface area contributed by atoms with E-state index >= 15 is 0 Å². The molecule has 0 aliphatic carbocycles. The third-order valence-corrected chi connectivity index (χ3v) is 4.31. The van der Waals surface area contributed by atoms with E-state index in [4.69, 9.17) is 11.6 Å². The van der Waals surface area contributed by atoms with Crippen molar-refractivity contribution in [2.75, 3.05) is 5.75 Å². The van der Waals surface area contributed by atoms with Crippen LogP contribution in [0.15, 0.2) is 0 Å². The van der Waals surface area contributed by atoms with Gasteiger partial charge in [0.15, 0.2) is 0 Å². The van der Waals surface area contributed by atoms with Gasteiger partial charge in [-0.3, -0.25) is 4.68 Å². The number of hydrogen-bond acceptors (Lipinski definition) is 3. The monoisotopic (exact) mass is 276 g/mol. The summed E-state index contributed by atoms with van der Waals surface area (Å²) in [5, 5.41) is 14.9. The van der Waals surface area contributed by atoms with Crippen LogP contribution in [0.25, 0.3) is 0 Å². The Morgan fingerprint density at radius 3 is 2.47 bits per heavy atom. The van der Waals surface area contributed by atoms with Crippen molar-refractivity contribution < 1.29 is 5.11 Å². The van der Waals surface area contributed by atoms with Gasteiger partial charge in [0.2, 0.25) is 0 Å². The van der Waals surface area contributed by atoms with Crippen LogP contribution in [0.5, 0.6) is 0 Å². The molecule has 0 bridgehead atoms. The zero-order chi connectivity index (χ0) is 13.2. The largest absolute Gasteiger partial charge is 0.392 e. The van der Waals surface area contributed by atoms with E-state index in [1.165, 1.54) is 0 Å². The first-order valence-electron chi connectivity index (χ1n) is 5.70. The van der Waals surface area contributed by atoms with E-state index in [1.807, 2.05) is 14.0 Å². The molecule has 1 aromatic heterocycles. The predicted octanol–water partition coefficient (Wildman–Crippen LogP) is 2.82. The summed E-state index contributed by atoms with van der Waals surface area (Å²) in [7, 11) is 1.86. The minimum absolute atomic E-state index is 0.174. The average Bonchev–Trinajstić information content (AvgIpc) is 2.41. The van der Waals surface area contributed by atoms with E-state index in [1.54, 1.807) is 16.4 Å². The Morgan fingerprint density at radius 1 is 1.47 bits per heavy atom. The van der Waals surface area contributed by atoms with Crippen LogP contribution >= 0.6 is 23.4 Å². The van der Waals surface area contributed by atoms with Crippen LogP contribution in [-0.2, 0) is 13.5 Å². The van der Waals surface area contributed by atoms with Crippen molar-refractivity contribution in [2.45, 2.75) is 45.0 Å². The fourth-order valence-corrected chi connectivity index (χ4v) is 2.58. The lowest BCUT2D eigenvalue weighted by molar-refractivity contribution is 0.197. The molecule has 0 aliphatic heterocycles. The van der Waals surface area contributed by atoms with Gasteiger partial charge in [-0.25, -0.2) is 0 Å². The zero-order valence-corrected chi connectivity index (χ0v) is 12.7.